The molecule has 2 aromatic carbocycles. The number of furan rings is 1. The van der Waals surface area contributed by atoms with Crippen molar-refractivity contribution in [1.82, 2.24) is 9.55 Å². The molecule has 0 fully saturated rings. The van der Waals surface area contributed by atoms with Crippen LogP contribution in [0.15, 0.2) is 82.2 Å². The van der Waals surface area contributed by atoms with Crippen LogP contribution in [0.4, 0.5) is 0 Å². The predicted molar refractivity (Wildman–Crippen MR) is 97.1 cm³/mol. The maximum absolute atomic E-state index is 6.09. The fourth-order valence-corrected chi connectivity index (χ4v) is 3.09. The lowest BCUT2D eigenvalue weighted by Crippen LogP contribution is -2.09. The summed E-state index contributed by atoms with van der Waals surface area (Å²) in [5.74, 6) is 0.900. The lowest BCUT2D eigenvalue weighted by atomic mass is 10.0. The Balaban J connectivity index is 0.00000156. The van der Waals surface area contributed by atoms with Gasteiger partial charge in [-0.15, -0.1) is 12.4 Å². The van der Waals surface area contributed by atoms with E-state index in [0.29, 0.717) is 0 Å². The van der Waals surface area contributed by atoms with Crippen LogP contribution in [0.25, 0.3) is 11.0 Å². The summed E-state index contributed by atoms with van der Waals surface area (Å²) in [7, 11) is 0. The molecule has 0 aliphatic rings. The van der Waals surface area contributed by atoms with E-state index in [2.05, 4.69) is 49.7 Å². The summed E-state index contributed by atoms with van der Waals surface area (Å²) >= 11 is 3.51. The first-order valence-corrected chi connectivity index (χ1v) is 7.82. The van der Waals surface area contributed by atoms with Crippen LogP contribution in [-0.2, 0) is 0 Å². The van der Waals surface area contributed by atoms with Gasteiger partial charge in [-0.1, -0.05) is 46.3 Å². The summed E-state index contributed by atoms with van der Waals surface area (Å²) in [5.41, 5.74) is 2.05. The minimum atomic E-state index is -0.0186. The van der Waals surface area contributed by atoms with Crippen LogP contribution in [0.3, 0.4) is 0 Å². The van der Waals surface area contributed by atoms with Crippen molar-refractivity contribution in [3.05, 3.63) is 89.1 Å². The van der Waals surface area contributed by atoms with E-state index < -0.39 is 0 Å². The number of imidazole rings is 1. The van der Waals surface area contributed by atoms with Crippen LogP contribution in [0.2, 0.25) is 0 Å². The molecule has 2 heterocycles. The van der Waals surface area contributed by atoms with Gasteiger partial charge in [-0.05, 0) is 29.8 Å². The predicted octanol–water partition coefficient (Wildman–Crippen LogP) is 5.45. The van der Waals surface area contributed by atoms with E-state index in [-0.39, 0.29) is 18.4 Å². The summed E-state index contributed by atoms with van der Waals surface area (Å²) in [6.45, 7) is 0. The van der Waals surface area contributed by atoms with Gasteiger partial charge >= 0.3 is 0 Å². The van der Waals surface area contributed by atoms with E-state index in [1.165, 1.54) is 5.56 Å². The van der Waals surface area contributed by atoms with Crippen LogP contribution < -0.4 is 0 Å². The Bertz CT molecular complexity index is 903. The van der Waals surface area contributed by atoms with Gasteiger partial charge in [0.1, 0.15) is 17.4 Å². The molecule has 0 aliphatic heterocycles. The molecule has 23 heavy (non-hydrogen) atoms. The Labute approximate surface area is 148 Å². The topological polar surface area (TPSA) is 31.0 Å². The van der Waals surface area contributed by atoms with Crippen molar-refractivity contribution in [2.45, 2.75) is 6.04 Å². The van der Waals surface area contributed by atoms with Crippen LogP contribution >= 0.6 is 28.3 Å². The van der Waals surface area contributed by atoms with Gasteiger partial charge < -0.3 is 8.98 Å². The molecule has 1 unspecified atom stereocenters. The minimum absolute atomic E-state index is 0. The lowest BCUT2D eigenvalue weighted by Gasteiger charge is -2.16. The third-order valence-corrected chi connectivity index (χ3v) is 4.20. The molecule has 2 aromatic heterocycles. The second kappa shape index (κ2) is 6.60. The molecule has 0 saturated heterocycles. The van der Waals surface area contributed by atoms with E-state index in [0.717, 1.165) is 21.2 Å². The van der Waals surface area contributed by atoms with Crippen molar-refractivity contribution >= 4 is 39.3 Å². The van der Waals surface area contributed by atoms with Gasteiger partial charge in [0.15, 0.2) is 0 Å². The van der Waals surface area contributed by atoms with Crippen molar-refractivity contribution in [2.75, 3.05) is 0 Å². The molecule has 116 valence electrons. The van der Waals surface area contributed by atoms with Gasteiger partial charge in [0.05, 0.1) is 6.33 Å². The molecule has 0 spiro atoms. The van der Waals surface area contributed by atoms with E-state index >= 15 is 0 Å². The van der Waals surface area contributed by atoms with E-state index in [1.807, 2.05) is 42.9 Å². The first kappa shape index (κ1) is 15.8. The third kappa shape index (κ3) is 3.05. The SMILES string of the molecule is Brc1ccc2oc(C(c3ccccc3)n3ccnc3)cc2c1.Cl. The average Bonchev–Trinajstić information content (AvgIpc) is 3.18. The average molecular weight is 390 g/mol. The van der Waals surface area contributed by atoms with Crippen molar-refractivity contribution in [3.63, 3.8) is 0 Å². The Morgan fingerprint density at radius 1 is 1.04 bits per heavy atom. The fraction of sp³-hybridized carbons (Fsp3) is 0.0556. The second-order valence-electron chi connectivity index (χ2n) is 5.15. The number of rotatable bonds is 3. The largest absolute Gasteiger partial charge is 0.458 e. The van der Waals surface area contributed by atoms with Crippen LogP contribution in [0.5, 0.6) is 0 Å². The van der Waals surface area contributed by atoms with Gasteiger partial charge in [-0.2, -0.15) is 0 Å². The highest BCUT2D eigenvalue weighted by molar-refractivity contribution is 9.10. The molecule has 3 nitrogen and oxygen atoms in total. The van der Waals surface area contributed by atoms with Gasteiger partial charge in [0.2, 0.25) is 0 Å². The molecule has 1 atom stereocenters. The van der Waals surface area contributed by atoms with Gasteiger partial charge in [0, 0.05) is 22.3 Å². The highest BCUT2D eigenvalue weighted by Crippen LogP contribution is 2.32. The highest BCUT2D eigenvalue weighted by atomic mass is 79.9. The molecule has 5 heteroatoms. The maximum atomic E-state index is 6.09. The third-order valence-electron chi connectivity index (χ3n) is 3.71. The molecule has 4 rings (SSSR count). The molecule has 0 saturated carbocycles. The summed E-state index contributed by atoms with van der Waals surface area (Å²) < 4.78 is 9.20. The van der Waals surface area contributed by atoms with Crippen molar-refractivity contribution < 1.29 is 4.42 Å². The van der Waals surface area contributed by atoms with Crippen molar-refractivity contribution in [1.29, 1.82) is 0 Å². The molecule has 0 N–H and O–H groups in total. The Morgan fingerprint density at radius 3 is 2.61 bits per heavy atom. The Hall–Kier alpha value is -2.04. The summed E-state index contributed by atoms with van der Waals surface area (Å²) in [6.07, 6.45) is 5.57. The van der Waals surface area contributed by atoms with Gasteiger partial charge in [-0.3, -0.25) is 0 Å². The van der Waals surface area contributed by atoms with Crippen molar-refractivity contribution in [3.8, 4) is 0 Å². The van der Waals surface area contributed by atoms with Gasteiger partial charge in [-0.25, -0.2) is 4.98 Å². The number of aromatic nitrogens is 2. The van der Waals surface area contributed by atoms with Crippen LogP contribution in [0.1, 0.15) is 17.4 Å². The minimum Gasteiger partial charge on any atom is -0.458 e. The quantitative estimate of drug-likeness (QED) is 0.466. The molecule has 0 aliphatic carbocycles. The standard InChI is InChI=1S/C18H13BrN2O.ClH/c19-15-6-7-16-14(10-15)11-17(22-16)18(21-9-8-20-12-21)13-4-2-1-3-5-13;/h1-12,18H;1H. The van der Waals surface area contributed by atoms with Gasteiger partial charge in [0.25, 0.3) is 0 Å². The zero-order chi connectivity index (χ0) is 14.9. The summed E-state index contributed by atoms with van der Waals surface area (Å²) in [5, 5.41) is 1.09. The summed E-state index contributed by atoms with van der Waals surface area (Å²) in [6, 6.07) is 18.4. The molecule has 0 amide bonds. The monoisotopic (exact) mass is 388 g/mol. The van der Waals surface area contributed by atoms with Crippen LogP contribution in [0, 0.1) is 0 Å². The van der Waals surface area contributed by atoms with E-state index in [9.17, 15) is 0 Å². The number of halogens is 2. The number of hydrogen-bond acceptors (Lipinski definition) is 2. The van der Waals surface area contributed by atoms with Crippen molar-refractivity contribution in [2.24, 2.45) is 0 Å². The molecule has 0 bridgehead atoms. The molecular weight excluding hydrogens is 376 g/mol. The van der Waals surface area contributed by atoms with Crippen LogP contribution in [-0.4, -0.2) is 9.55 Å². The lowest BCUT2D eigenvalue weighted by molar-refractivity contribution is 0.487. The molecule has 4 aromatic rings. The normalized spacial score (nSPS) is 12.0. The number of benzene rings is 2. The summed E-state index contributed by atoms with van der Waals surface area (Å²) in [4.78, 5) is 4.18. The number of hydrogen-bond donors (Lipinski definition) is 0. The fourth-order valence-electron chi connectivity index (χ4n) is 2.71. The zero-order valence-electron chi connectivity index (χ0n) is 12.1. The highest BCUT2D eigenvalue weighted by Gasteiger charge is 2.20. The zero-order valence-corrected chi connectivity index (χ0v) is 14.5. The Morgan fingerprint density at radius 2 is 1.87 bits per heavy atom. The first-order chi connectivity index (χ1) is 10.8. The molecular formula is C18H14BrClN2O. The number of fused-ring (bicyclic) bond motifs is 1. The number of nitrogens with zero attached hydrogens (tertiary/aromatic N) is 2. The smallest absolute Gasteiger partial charge is 0.134 e. The van der Waals surface area contributed by atoms with E-state index in [4.69, 9.17) is 4.42 Å². The van der Waals surface area contributed by atoms with E-state index in [1.54, 1.807) is 6.20 Å². The first-order valence-electron chi connectivity index (χ1n) is 7.02. The molecule has 0 radical (unpaired) electrons. The Kier molecular flexibility index (Phi) is 4.55. The second-order valence-corrected chi connectivity index (χ2v) is 6.07. The maximum Gasteiger partial charge on any atom is 0.134 e.